The molecular weight excluding hydrogens is 352 g/mol. The van der Waals surface area contributed by atoms with Gasteiger partial charge in [-0.3, -0.25) is 4.79 Å². The smallest absolute Gasteiger partial charge is 0.339 e. The number of ether oxygens (including phenoxy) is 1. The summed E-state index contributed by atoms with van der Waals surface area (Å²) in [5.74, 6) is -0.994. The summed E-state index contributed by atoms with van der Waals surface area (Å²) < 4.78 is 35.8. The van der Waals surface area contributed by atoms with Crippen LogP contribution in [0, 0.1) is 6.92 Å². The van der Waals surface area contributed by atoms with Crippen molar-refractivity contribution in [3.63, 3.8) is 0 Å². The molecule has 0 spiro atoms. The van der Waals surface area contributed by atoms with Gasteiger partial charge in [0.25, 0.3) is 0 Å². The normalized spacial score (nSPS) is 13.1. The number of benzene rings is 2. The van der Waals surface area contributed by atoms with Crippen molar-refractivity contribution in [3.8, 4) is 5.75 Å². The van der Waals surface area contributed by atoms with Crippen LogP contribution in [0.5, 0.6) is 5.75 Å². The van der Waals surface area contributed by atoms with E-state index in [-0.39, 0.29) is 10.6 Å². The van der Waals surface area contributed by atoms with Crippen molar-refractivity contribution in [2.45, 2.75) is 51.0 Å². The second-order valence-corrected chi connectivity index (χ2v) is 8.69. The summed E-state index contributed by atoms with van der Waals surface area (Å²) in [6.45, 7) is 8.87. The molecular formula is C20H24O5S. The highest BCUT2D eigenvalue weighted by Crippen LogP contribution is 2.30. The summed E-state index contributed by atoms with van der Waals surface area (Å²) in [6, 6.07) is 13.0. The monoisotopic (exact) mass is 376 g/mol. The summed E-state index contributed by atoms with van der Waals surface area (Å²) in [4.78, 5) is 12.4. The van der Waals surface area contributed by atoms with E-state index in [9.17, 15) is 13.2 Å². The van der Waals surface area contributed by atoms with Gasteiger partial charge in [0.15, 0.2) is 0 Å². The van der Waals surface area contributed by atoms with Gasteiger partial charge in [0, 0.05) is 5.56 Å². The molecule has 0 amide bonds. The van der Waals surface area contributed by atoms with Gasteiger partial charge in [-0.05, 0) is 52.8 Å². The minimum atomic E-state index is -4.00. The first-order valence-corrected chi connectivity index (χ1v) is 9.73. The zero-order valence-corrected chi connectivity index (χ0v) is 16.5. The van der Waals surface area contributed by atoms with Gasteiger partial charge in [-0.25, -0.2) is 0 Å². The van der Waals surface area contributed by atoms with Crippen molar-refractivity contribution in [1.29, 1.82) is 0 Å². The molecule has 0 fully saturated rings. The van der Waals surface area contributed by atoms with E-state index in [2.05, 4.69) is 0 Å². The Balaban J connectivity index is 2.31. The number of carbonyl (C=O) groups is 1. The Morgan fingerprint density at radius 1 is 1.00 bits per heavy atom. The standard InChI is InChI=1S/C20H24O5S/c1-14-10-12-16(13-11-14)26(22,23)25-18-9-7-6-8-17(18)15(2)19(21)24-20(3,4)5/h6-13,15H,1-5H3. The van der Waals surface area contributed by atoms with Gasteiger partial charge in [0.05, 0.1) is 5.92 Å². The molecule has 0 aromatic heterocycles. The van der Waals surface area contributed by atoms with Gasteiger partial charge in [-0.1, -0.05) is 35.9 Å². The molecule has 0 radical (unpaired) electrons. The number of aryl methyl sites for hydroxylation is 1. The van der Waals surface area contributed by atoms with Gasteiger partial charge < -0.3 is 8.92 Å². The number of esters is 1. The molecule has 0 saturated carbocycles. The molecule has 1 unspecified atom stereocenters. The maximum absolute atomic E-state index is 12.5. The van der Waals surface area contributed by atoms with Crippen molar-refractivity contribution in [2.24, 2.45) is 0 Å². The van der Waals surface area contributed by atoms with E-state index in [1.54, 1.807) is 58.0 Å². The maximum Gasteiger partial charge on any atom is 0.339 e. The third-order valence-electron chi connectivity index (χ3n) is 3.65. The molecule has 6 heteroatoms. The lowest BCUT2D eigenvalue weighted by Gasteiger charge is -2.23. The Hall–Kier alpha value is -2.34. The largest absolute Gasteiger partial charge is 0.460 e. The minimum absolute atomic E-state index is 0.0582. The summed E-state index contributed by atoms with van der Waals surface area (Å²) in [5, 5.41) is 0. The SMILES string of the molecule is Cc1ccc(S(=O)(=O)Oc2ccccc2C(C)C(=O)OC(C)(C)C)cc1. The molecule has 0 heterocycles. The second-order valence-electron chi connectivity index (χ2n) is 7.14. The lowest BCUT2D eigenvalue weighted by molar-refractivity contribution is -0.156. The van der Waals surface area contributed by atoms with Crippen molar-refractivity contribution < 1.29 is 22.1 Å². The molecule has 140 valence electrons. The molecule has 0 aliphatic carbocycles. The van der Waals surface area contributed by atoms with Crippen LogP contribution in [-0.4, -0.2) is 20.0 Å². The topological polar surface area (TPSA) is 69.7 Å². The van der Waals surface area contributed by atoms with Crippen LogP contribution < -0.4 is 4.18 Å². The number of carbonyl (C=O) groups excluding carboxylic acids is 1. The van der Waals surface area contributed by atoms with E-state index in [4.69, 9.17) is 8.92 Å². The number of hydrogen-bond donors (Lipinski definition) is 0. The van der Waals surface area contributed by atoms with Crippen LogP contribution in [0.3, 0.4) is 0 Å². The molecule has 1 atom stereocenters. The fourth-order valence-corrected chi connectivity index (χ4v) is 3.26. The number of rotatable bonds is 5. The van der Waals surface area contributed by atoms with Crippen molar-refractivity contribution in [1.82, 2.24) is 0 Å². The third-order valence-corrected chi connectivity index (χ3v) is 4.90. The highest BCUT2D eigenvalue weighted by atomic mass is 32.2. The predicted molar refractivity (Wildman–Crippen MR) is 99.7 cm³/mol. The molecule has 0 N–H and O–H groups in total. The molecule has 0 saturated heterocycles. The fourth-order valence-electron chi connectivity index (χ4n) is 2.30. The third kappa shape index (κ3) is 5.08. The van der Waals surface area contributed by atoms with Crippen molar-refractivity contribution in [3.05, 3.63) is 59.7 Å². The number of para-hydroxylation sites is 1. The van der Waals surface area contributed by atoms with Crippen LogP contribution in [0.15, 0.2) is 53.4 Å². The van der Waals surface area contributed by atoms with Crippen LogP contribution in [0.4, 0.5) is 0 Å². The predicted octanol–water partition coefficient (Wildman–Crippen LogP) is 4.21. The summed E-state index contributed by atoms with van der Waals surface area (Å²) in [7, 11) is -4.00. The lowest BCUT2D eigenvalue weighted by Crippen LogP contribution is -2.27. The number of hydrogen-bond acceptors (Lipinski definition) is 5. The van der Waals surface area contributed by atoms with E-state index in [1.165, 1.54) is 18.2 Å². The minimum Gasteiger partial charge on any atom is -0.460 e. The summed E-state index contributed by atoms with van der Waals surface area (Å²) in [6.07, 6.45) is 0. The summed E-state index contributed by atoms with van der Waals surface area (Å²) in [5.41, 5.74) is 0.773. The Labute approximate surface area is 155 Å². The van der Waals surface area contributed by atoms with Crippen LogP contribution >= 0.6 is 0 Å². The van der Waals surface area contributed by atoms with E-state index >= 15 is 0 Å². The van der Waals surface area contributed by atoms with Crippen molar-refractivity contribution in [2.75, 3.05) is 0 Å². The van der Waals surface area contributed by atoms with Crippen LogP contribution in [-0.2, 0) is 19.6 Å². The van der Waals surface area contributed by atoms with Gasteiger partial charge in [0.2, 0.25) is 0 Å². The van der Waals surface area contributed by atoms with Gasteiger partial charge in [-0.2, -0.15) is 8.42 Å². The van der Waals surface area contributed by atoms with Crippen LogP contribution in [0.25, 0.3) is 0 Å². The second kappa shape index (κ2) is 7.50. The fraction of sp³-hybridized carbons (Fsp3) is 0.350. The van der Waals surface area contributed by atoms with E-state index in [0.29, 0.717) is 5.56 Å². The summed E-state index contributed by atoms with van der Waals surface area (Å²) >= 11 is 0. The molecule has 0 aliphatic heterocycles. The Kier molecular flexibility index (Phi) is 5.76. The lowest BCUT2D eigenvalue weighted by atomic mass is 10.00. The van der Waals surface area contributed by atoms with Gasteiger partial charge >= 0.3 is 16.1 Å². The molecule has 2 aromatic rings. The molecule has 5 nitrogen and oxygen atoms in total. The zero-order valence-electron chi connectivity index (χ0n) is 15.6. The quantitative estimate of drug-likeness (QED) is 0.577. The van der Waals surface area contributed by atoms with Gasteiger partial charge in [0.1, 0.15) is 16.2 Å². The Bertz CT molecular complexity index is 877. The van der Waals surface area contributed by atoms with Crippen LogP contribution in [0.1, 0.15) is 44.7 Å². The Morgan fingerprint density at radius 3 is 2.15 bits per heavy atom. The van der Waals surface area contributed by atoms with E-state index in [1.807, 2.05) is 6.92 Å². The highest BCUT2D eigenvalue weighted by Gasteiger charge is 2.27. The highest BCUT2D eigenvalue weighted by molar-refractivity contribution is 7.87. The molecule has 2 rings (SSSR count). The molecule has 0 aliphatic rings. The van der Waals surface area contributed by atoms with E-state index < -0.39 is 27.6 Å². The Morgan fingerprint density at radius 2 is 1.58 bits per heavy atom. The van der Waals surface area contributed by atoms with Crippen LogP contribution in [0.2, 0.25) is 0 Å². The first kappa shape index (κ1) is 20.0. The molecule has 0 bridgehead atoms. The zero-order chi connectivity index (χ0) is 19.5. The van der Waals surface area contributed by atoms with E-state index in [0.717, 1.165) is 5.56 Å². The maximum atomic E-state index is 12.5. The molecule has 26 heavy (non-hydrogen) atoms. The van der Waals surface area contributed by atoms with Crippen molar-refractivity contribution >= 4 is 16.1 Å². The average molecular weight is 376 g/mol. The average Bonchev–Trinajstić information content (AvgIpc) is 2.53. The first-order chi connectivity index (χ1) is 12.0. The first-order valence-electron chi connectivity index (χ1n) is 8.32. The van der Waals surface area contributed by atoms with Gasteiger partial charge in [-0.15, -0.1) is 0 Å². The molecule has 2 aromatic carbocycles.